The van der Waals surface area contributed by atoms with E-state index in [1.165, 1.54) is 49.4 Å². The predicted molar refractivity (Wildman–Crippen MR) is 235 cm³/mol. The van der Waals surface area contributed by atoms with Gasteiger partial charge < -0.3 is 4.42 Å². The van der Waals surface area contributed by atoms with Gasteiger partial charge in [-0.25, -0.2) is 15.0 Å². The van der Waals surface area contributed by atoms with E-state index in [-0.39, 0.29) is 5.92 Å². The zero-order chi connectivity index (χ0) is 37.7. The Morgan fingerprint density at radius 3 is 1.84 bits per heavy atom. The summed E-state index contributed by atoms with van der Waals surface area (Å²) in [5, 5.41) is 7.09. The van der Waals surface area contributed by atoms with Crippen molar-refractivity contribution >= 4 is 49.1 Å². The largest absolute Gasteiger partial charge is 0.456 e. The first-order chi connectivity index (χ1) is 28.3. The molecule has 4 nitrogen and oxygen atoms in total. The number of hydrogen-bond acceptors (Lipinski definition) is 4. The second kappa shape index (κ2) is 13.7. The molecular weight excluding hydrogens is 695 g/mol. The van der Waals surface area contributed by atoms with Crippen molar-refractivity contribution < 1.29 is 4.42 Å². The van der Waals surface area contributed by atoms with E-state index < -0.39 is 0 Å². The minimum atomic E-state index is 0.135. The molecule has 8 aromatic carbocycles. The third-order valence-electron chi connectivity index (χ3n) is 11.3. The molecule has 10 aromatic rings. The Labute approximate surface area is 330 Å². The molecule has 1 aliphatic rings. The SMILES string of the molecule is C1=CCC(c2ccc3oc4cccc(-c5nc(-c6ccccc6)nc(-c6ccccc6)n5)c4c3c2)C(c2ccccc2-c2cc3ccccc3c3ccccc23)=C1. The third kappa shape index (κ3) is 5.73. The Morgan fingerprint density at radius 2 is 1.07 bits per heavy atom. The summed E-state index contributed by atoms with van der Waals surface area (Å²) >= 11 is 0. The summed E-state index contributed by atoms with van der Waals surface area (Å²) in [5.41, 5.74) is 10.7. The van der Waals surface area contributed by atoms with E-state index in [9.17, 15) is 0 Å². The molecule has 1 unspecified atom stereocenters. The first kappa shape index (κ1) is 33.0. The standard InChI is InChI=1S/C53H35N3O/c1-3-16-34(17-4-1)51-54-52(35-18-5-2-6-19-35)56-53(55-51)45-28-15-29-49-50(45)47-33-37(30-31-48(47)57-49)39-22-9-10-23-40(39)42-25-12-14-27-44(42)46-32-36-20-7-8-21-38(36)41-24-11-13-26-43(41)46/h1-21,23-33,39H,22H2. The molecule has 2 aromatic heterocycles. The van der Waals surface area contributed by atoms with Gasteiger partial charge in [0.25, 0.3) is 0 Å². The van der Waals surface area contributed by atoms with Crippen LogP contribution in [0.2, 0.25) is 0 Å². The number of benzene rings is 8. The average Bonchev–Trinajstić information content (AvgIpc) is 3.67. The van der Waals surface area contributed by atoms with Crippen molar-refractivity contribution in [3.63, 3.8) is 0 Å². The van der Waals surface area contributed by atoms with Crippen LogP contribution in [0.15, 0.2) is 199 Å². The molecule has 1 aliphatic carbocycles. The maximum absolute atomic E-state index is 6.55. The third-order valence-corrected chi connectivity index (χ3v) is 11.3. The molecule has 4 heteroatoms. The molecular formula is C53H35N3O. The van der Waals surface area contributed by atoms with Crippen molar-refractivity contribution in [2.45, 2.75) is 12.3 Å². The summed E-state index contributed by atoms with van der Waals surface area (Å²) in [5.74, 6) is 2.01. The summed E-state index contributed by atoms with van der Waals surface area (Å²) in [6.07, 6.45) is 7.69. The fraction of sp³-hybridized carbons (Fsp3) is 0.0377. The Balaban J connectivity index is 1.06. The maximum Gasteiger partial charge on any atom is 0.164 e. The molecule has 0 bridgehead atoms. The van der Waals surface area contributed by atoms with Gasteiger partial charge in [-0.3, -0.25) is 0 Å². The van der Waals surface area contributed by atoms with Gasteiger partial charge in [-0.2, -0.15) is 0 Å². The monoisotopic (exact) mass is 729 g/mol. The molecule has 0 aliphatic heterocycles. The number of nitrogens with zero attached hydrogens (tertiary/aromatic N) is 3. The zero-order valence-corrected chi connectivity index (χ0v) is 31.0. The van der Waals surface area contributed by atoms with E-state index in [0.717, 1.165) is 45.0 Å². The fourth-order valence-electron chi connectivity index (χ4n) is 8.65. The maximum atomic E-state index is 6.55. The highest BCUT2D eigenvalue weighted by atomic mass is 16.3. The first-order valence-electron chi connectivity index (χ1n) is 19.5. The molecule has 0 saturated carbocycles. The van der Waals surface area contributed by atoms with E-state index in [1.807, 2.05) is 72.8 Å². The average molecular weight is 730 g/mol. The fourth-order valence-corrected chi connectivity index (χ4v) is 8.65. The number of fused-ring (bicyclic) bond motifs is 6. The van der Waals surface area contributed by atoms with Crippen LogP contribution in [0.1, 0.15) is 23.5 Å². The van der Waals surface area contributed by atoms with Gasteiger partial charge >= 0.3 is 0 Å². The Hall–Kier alpha value is -7.43. The van der Waals surface area contributed by atoms with Crippen LogP contribution in [-0.2, 0) is 0 Å². The van der Waals surface area contributed by atoms with Gasteiger partial charge in [0.2, 0.25) is 0 Å². The Kier molecular flexibility index (Phi) is 7.92. The topological polar surface area (TPSA) is 51.8 Å². The van der Waals surface area contributed by atoms with Crippen molar-refractivity contribution in [1.82, 2.24) is 15.0 Å². The van der Waals surface area contributed by atoms with Crippen LogP contribution in [0.3, 0.4) is 0 Å². The molecule has 0 spiro atoms. The lowest BCUT2D eigenvalue weighted by atomic mass is 9.78. The van der Waals surface area contributed by atoms with Crippen molar-refractivity contribution in [2.75, 3.05) is 0 Å². The van der Waals surface area contributed by atoms with Crippen LogP contribution < -0.4 is 0 Å². The first-order valence-corrected chi connectivity index (χ1v) is 19.5. The highest BCUT2D eigenvalue weighted by Gasteiger charge is 2.25. The molecule has 268 valence electrons. The van der Waals surface area contributed by atoms with Crippen LogP contribution in [0, 0.1) is 0 Å². The zero-order valence-electron chi connectivity index (χ0n) is 31.0. The molecule has 0 N–H and O–H groups in total. The normalized spacial score (nSPS) is 14.1. The van der Waals surface area contributed by atoms with Crippen LogP contribution in [0.4, 0.5) is 0 Å². The second-order valence-electron chi connectivity index (χ2n) is 14.6. The lowest BCUT2D eigenvalue weighted by molar-refractivity contribution is 0.668. The molecule has 0 radical (unpaired) electrons. The van der Waals surface area contributed by atoms with Crippen molar-refractivity contribution in [3.8, 4) is 45.3 Å². The van der Waals surface area contributed by atoms with Gasteiger partial charge in [0.15, 0.2) is 17.5 Å². The molecule has 11 rings (SSSR count). The molecule has 2 heterocycles. The minimum absolute atomic E-state index is 0.135. The van der Waals surface area contributed by atoms with E-state index in [1.54, 1.807) is 0 Å². The molecule has 57 heavy (non-hydrogen) atoms. The predicted octanol–water partition coefficient (Wildman–Crippen LogP) is 13.9. The van der Waals surface area contributed by atoms with Crippen LogP contribution in [0.25, 0.3) is 94.3 Å². The summed E-state index contributed by atoms with van der Waals surface area (Å²) in [6, 6.07) is 61.8. The van der Waals surface area contributed by atoms with Gasteiger partial charge in [-0.15, -0.1) is 0 Å². The number of hydrogen-bond donors (Lipinski definition) is 0. The van der Waals surface area contributed by atoms with Gasteiger partial charge in [-0.05, 0) is 80.1 Å². The highest BCUT2D eigenvalue weighted by Crippen LogP contribution is 2.46. The second-order valence-corrected chi connectivity index (χ2v) is 14.6. The van der Waals surface area contributed by atoms with Gasteiger partial charge in [-0.1, -0.05) is 170 Å². The number of aromatic nitrogens is 3. The summed E-state index contributed by atoms with van der Waals surface area (Å²) in [7, 11) is 0. The van der Waals surface area contributed by atoms with E-state index in [2.05, 4.69) is 121 Å². The van der Waals surface area contributed by atoms with Gasteiger partial charge in [0.05, 0.1) is 0 Å². The van der Waals surface area contributed by atoms with Crippen molar-refractivity contribution in [1.29, 1.82) is 0 Å². The summed E-state index contributed by atoms with van der Waals surface area (Å²) < 4.78 is 6.55. The van der Waals surface area contributed by atoms with Crippen LogP contribution in [0.5, 0.6) is 0 Å². The Morgan fingerprint density at radius 1 is 0.439 bits per heavy atom. The molecule has 0 saturated heterocycles. The van der Waals surface area contributed by atoms with Crippen LogP contribution in [-0.4, -0.2) is 15.0 Å². The molecule has 0 fully saturated rings. The Bertz CT molecular complexity index is 3160. The lowest BCUT2D eigenvalue weighted by Crippen LogP contribution is -2.05. The van der Waals surface area contributed by atoms with Crippen molar-refractivity contribution in [3.05, 3.63) is 205 Å². The number of rotatable bonds is 6. The van der Waals surface area contributed by atoms with E-state index in [4.69, 9.17) is 19.4 Å². The summed E-state index contributed by atoms with van der Waals surface area (Å²) in [6.45, 7) is 0. The molecule has 1 atom stereocenters. The van der Waals surface area contributed by atoms with E-state index >= 15 is 0 Å². The van der Waals surface area contributed by atoms with Gasteiger partial charge in [0, 0.05) is 33.4 Å². The lowest BCUT2D eigenvalue weighted by Gasteiger charge is -2.25. The summed E-state index contributed by atoms with van der Waals surface area (Å²) in [4.78, 5) is 15.1. The highest BCUT2D eigenvalue weighted by molar-refractivity contribution is 6.15. The number of furan rings is 1. The minimum Gasteiger partial charge on any atom is -0.456 e. The van der Waals surface area contributed by atoms with E-state index in [0.29, 0.717) is 17.5 Å². The van der Waals surface area contributed by atoms with Crippen molar-refractivity contribution in [2.24, 2.45) is 0 Å². The quantitative estimate of drug-likeness (QED) is 0.160. The smallest absolute Gasteiger partial charge is 0.164 e. The van der Waals surface area contributed by atoms with Gasteiger partial charge in [0.1, 0.15) is 11.2 Å². The number of allylic oxidation sites excluding steroid dienone is 4. The molecule has 0 amide bonds. The van der Waals surface area contributed by atoms with Crippen LogP contribution >= 0.6 is 0 Å².